The first kappa shape index (κ1) is 16.6. The maximum absolute atomic E-state index is 13.2. The summed E-state index contributed by atoms with van der Waals surface area (Å²) < 4.78 is 18.4. The van der Waals surface area contributed by atoms with E-state index in [9.17, 15) is 9.18 Å². The fourth-order valence-electron chi connectivity index (χ4n) is 2.48. The Labute approximate surface area is 145 Å². The van der Waals surface area contributed by atoms with E-state index in [2.05, 4.69) is 4.98 Å². The van der Waals surface area contributed by atoms with Crippen molar-refractivity contribution in [1.29, 1.82) is 0 Å². The first-order valence-corrected chi connectivity index (χ1v) is 7.78. The monoisotopic (exact) mass is 336 g/mol. The van der Waals surface area contributed by atoms with E-state index in [1.165, 1.54) is 24.3 Å². The van der Waals surface area contributed by atoms with Crippen LogP contribution in [0.2, 0.25) is 0 Å². The SMILES string of the molecule is COc1cccc(N(Cc2cccnc2)C(=O)c2ccc(F)cc2)c1. The number of pyridine rings is 1. The predicted octanol–water partition coefficient (Wildman–Crippen LogP) is 4.08. The Bertz CT molecular complexity index is 851. The van der Waals surface area contributed by atoms with Crippen LogP contribution < -0.4 is 9.64 Å². The van der Waals surface area contributed by atoms with Gasteiger partial charge in [-0.15, -0.1) is 0 Å². The minimum atomic E-state index is -0.378. The van der Waals surface area contributed by atoms with Crippen molar-refractivity contribution in [3.63, 3.8) is 0 Å². The molecule has 0 bridgehead atoms. The quantitative estimate of drug-likeness (QED) is 0.705. The molecule has 1 aromatic heterocycles. The van der Waals surface area contributed by atoms with Crippen LogP contribution >= 0.6 is 0 Å². The molecule has 0 unspecified atom stereocenters. The molecule has 5 heteroatoms. The molecule has 0 aliphatic heterocycles. The van der Waals surface area contributed by atoms with Crippen molar-refractivity contribution in [2.24, 2.45) is 0 Å². The fourth-order valence-corrected chi connectivity index (χ4v) is 2.48. The third kappa shape index (κ3) is 4.01. The van der Waals surface area contributed by atoms with Crippen LogP contribution in [0.4, 0.5) is 10.1 Å². The Morgan fingerprint density at radius 1 is 1.12 bits per heavy atom. The molecule has 3 rings (SSSR count). The summed E-state index contributed by atoms with van der Waals surface area (Å²) in [6.45, 7) is 0.344. The molecule has 0 aliphatic carbocycles. The van der Waals surface area contributed by atoms with Gasteiger partial charge in [-0.2, -0.15) is 0 Å². The fraction of sp³-hybridized carbons (Fsp3) is 0.100. The molecule has 2 aromatic carbocycles. The van der Waals surface area contributed by atoms with Gasteiger partial charge in [0.15, 0.2) is 0 Å². The summed E-state index contributed by atoms with van der Waals surface area (Å²) in [6.07, 6.45) is 3.40. The van der Waals surface area contributed by atoms with E-state index in [0.717, 1.165) is 5.56 Å². The number of methoxy groups -OCH3 is 1. The molecule has 4 nitrogen and oxygen atoms in total. The molecule has 0 aliphatic rings. The second-order valence-corrected chi connectivity index (χ2v) is 5.46. The standard InChI is InChI=1S/C20H17FN2O2/c1-25-19-6-2-5-18(12-19)23(14-15-4-3-11-22-13-15)20(24)16-7-9-17(21)10-8-16/h2-13H,14H2,1H3. The van der Waals surface area contributed by atoms with Gasteiger partial charge in [0, 0.05) is 29.7 Å². The summed E-state index contributed by atoms with van der Waals surface area (Å²) >= 11 is 0. The molecule has 0 fully saturated rings. The van der Waals surface area contributed by atoms with Crippen molar-refractivity contribution in [3.8, 4) is 5.75 Å². The van der Waals surface area contributed by atoms with Crippen LogP contribution in [0.1, 0.15) is 15.9 Å². The Kier molecular flexibility index (Phi) is 5.04. The van der Waals surface area contributed by atoms with Gasteiger partial charge in [0.05, 0.1) is 13.7 Å². The minimum Gasteiger partial charge on any atom is -0.497 e. The van der Waals surface area contributed by atoms with E-state index in [1.54, 1.807) is 30.5 Å². The molecule has 126 valence electrons. The number of hydrogen-bond donors (Lipinski definition) is 0. The molecule has 0 spiro atoms. The topological polar surface area (TPSA) is 42.4 Å². The third-order valence-electron chi connectivity index (χ3n) is 3.76. The number of aromatic nitrogens is 1. The van der Waals surface area contributed by atoms with Crippen LogP contribution in [0.3, 0.4) is 0 Å². The molecule has 25 heavy (non-hydrogen) atoms. The Balaban J connectivity index is 1.98. The lowest BCUT2D eigenvalue weighted by molar-refractivity contribution is 0.0985. The second kappa shape index (κ2) is 7.57. The molecule has 0 saturated carbocycles. The number of ether oxygens (including phenoxy) is 1. The van der Waals surface area contributed by atoms with E-state index in [4.69, 9.17) is 4.74 Å². The summed E-state index contributed by atoms with van der Waals surface area (Å²) in [5.41, 5.74) is 1.99. The summed E-state index contributed by atoms with van der Waals surface area (Å²) in [7, 11) is 1.58. The lowest BCUT2D eigenvalue weighted by atomic mass is 10.1. The number of carbonyl (C=O) groups excluding carboxylic acids is 1. The van der Waals surface area contributed by atoms with Crippen molar-refractivity contribution in [2.45, 2.75) is 6.54 Å². The zero-order chi connectivity index (χ0) is 17.6. The van der Waals surface area contributed by atoms with Crippen LogP contribution in [-0.4, -0.2) is 18.0 Å². The van der Waals surface area contributed by atoms with Crippen LogP contribution in [0, 0.1) is 5.82 Å². The Hall–Kier alpha value is -3.21. The predicted molar refractivity (Wildman–Crippen MR) is 94.1 cm³/mol. The van der Waals surface area contributed by atoms with Crippen molar-refractivity contribution >= 4 is 11.6 Å². The molecule has 0 radical (unpaired) electrons. The zero-order valence-corrected chi connectivity index (χ0v) is 13.7. The van der Waals surface area contributed by atoms with Gasteiger partial charge in [-0.05, 0) is 48.0 Å². The summed E-state index contributed by atoms with van der Waals surface area (Å²) in [5, 5.41) is 0. The first-order chi connectivity index (χ1) is 12.2. The molecular weight excluding hydrogens is 319 g/mol. The normalized spacial score (nSPS) is 10.3. The second-order valence-electron chi connectivity index (χ2n) is 5.46. The van der Waals surface area contributed by atoms with Gasteiger partial charge in [0.25, 0.3) is 5.91 Å². The first-order valence-electron chi connectivity index (χ1n) is 7.78. The van der Waals surface area contributed by atoms with Gasteiger partial charge in [-0.3, -0.25) is 9.78 Å². The number of anilines is 1. The maximum atomic E-state index is 13.2. The Morgan fingerprint density at radius 3 is 2.60 bits per heavy atom. The smallest absolute Gasteiger partial charge is 0.258 e. The third-order valence-corrected chi connectivity index (χ3v) is 3.76. The minimum absolute atomic E-state index is 0.225. The highest BCUT2D eigenvalue weighted by Crippen LogP contribution is 2.24. The molecule has 0 saturated heterocycles. The molecule has 1 amide bonds. The van der Waals surface area contributed by atoms with Crippen LogP contribution in [0.25, 0.3) is 0 Å². The number of amides is 1. The number of hydrogen-bond acceptors (Lipinski definition) is 3. The maximum Gasteiger partial charge on any atom is 0.258 e. The van der Waals surface area contributed by atoms with E-state index in [1.807, 2.05) is 30.3 Å². The van der Waals surface area contributed by atoms with Crippen LogP contribution in [-0.2, 0) is 6.54 Å². The number of halogens is 1. The molecule has 0 N–H and O–H groups in total. The van der Waals surface area contributed by atoms with Gasteiger partial charge in [0.1, 0.15) is 11.6 Å². The largest absolute Gasteiger partial charge is 0.497 e. The van der Waals surface area contributed by atoms with Gasteiger partial charge < -0.3 is 9.64 Å². The van der Waals surface area contributed by atoms with E-state index < -0.39 is 0 Å². The van der Waals surface area contributed by atoms with Crippen LogP contribution in [0.5, 0.6) is 5.75 Å². The van der Waals surface area contributed by atoms with E-state index in [-0.39, 0.29) is 11.7 Å². The average molecular weight is 336 g/mol. The number of carbonyl (C=O) groups is 1. The van der Waals surface area contributed by atoms with Crippen molar-refractivity contribution in [1.82, 2.24) is 4.98 Å². The summed E-state index contributed by atoms with van der Waals surface area (Å²) in [6, 6.07) is 16.5. The highest BCUT2D eigenvalue weighted by Gasteiger charge is 2.19. The number of nitrogens with zero attached hydrogens (tertiary/aromatic N) is 2. The van der Waals surface area contributed by atoms with Crippen molar-refractivity contribution in [2.75, 3.05) is 12.0 Å². The van der Waals surface area contributed by atoms with Gasteiger partial charge in [-0.1, -0.05) is 12.1 Å². The lowest BCUT2D eigenvalue weighted by Gasteiger charge is -2.23. The highest BCUT2D eigenvalue weighted by atomic mass is 19.1. The van der Waals surface area contributed by atoms with Gasteiger partial charge in [-0.25, -0.2) is 4.39 Å². The average Bonchev–Trinajstić information content (AvgIpc) is 2.67. The van der Waals surface area contributed by atoms with Crippen molar-refractivity contribution < 1.29 is 13.9 Å². The summed E-state index contributed by atoms with van der Waals surface area (Å²) in [5.74, 6) is 0.0504. The van der Waals surface area contributed by atoms with E-state index >= 15 is 0 Å². The van der Waals surface area contributed by atoms with Crippen molar-refractivity contribution in [3.05, 3.63) is 90.0 Å². The zero-order valence-electron chi connectivity index (χ0n) is 13.7. The summed E-state index contributed by atoms with van der Waals surface area (Å²) in [4.78, 5) is 18.7. The van der Waals surface area contributed by atoms with Crippen LogP contribution in [0.15, 0.2) is 73.1 Å². The highest BCUT2D eigenvalue weighted by molar-refractivity contribution is 6.06. The van der Waals surface area contributed by atoms with Gasteiger partial charge in [0.2, 0.25) is 0 Å². The Morgan fingerprint density at radius 2 is 1.92 bits per heavy atom. The molecule has 0 atom stereocenters. The number of rotatable bonds is 5. The lowest BCUT2D eigenvalue weighted by Crippen LogP contribution is -2.30. The molecule has 1 heterocycles. The molecule has 3 aromatic rings. The molecular formula is C20H17FN2O2. The van der Waals surface area contributed by atoms with E-state index in [0.29, 0.717) is 23.5 Å². The number of benzene rings is 2. The van der Waals surface area contributed by atoms with Gasteiger partial charge >= 0.3 is 0 Å².